The molecule has 5 heteroatoms. The Labute approximate surface area is 79.3 Å². The smallest absolute Gasteiger partial charge is 0.387 e. The van der Waals surface area contributed by atoms with Crippen LogP contribution in [0.25, 0.3) is 0 Å². The van der Waals surface area contributed by atoms with Gasteiger partial charge in [-0.05, 0) is 18.6 Å². The fourth-order valence-electron chi connectivity index (χ4n) is 0.750. The maximum Gasteiger partial charge on any atom is 0.387 e. The molecule has 1 aromatic rings. The average molecular weight is 210 g/mol. The number of ether oxygens (including phenoxy) is 1. The molecule has 0 aliphatic carbocycles. The van der Waals surface area contributed by atoms with Crippen molar-refractivity contribution in [3.63, 3.8) is 0 Å². The van der Waals surface area contributed by atoms with Crippen molar-refractivity contribution in [2.45, 2.75) is 13.5 Å². The molecule has 0 amide bonds. The maximum absolute atomic E-state index is 12.7. The summed E-state index contributed by atoms with van der Waals surface area (Å²) in [7, 11) is 0.500. The van der Waals surface area contributed by atoms with Gasteiger partial charge in [0.25, 0.3) is 0 Å². The van der Waals surface area contributed by atoms with Crippen LogP contribution >= 0.6 is 0 Å². The molecule has 14 heavy (non-hydrogen) atoms. The van der Waals surface area contributed by atoms with Gasteiger partial charge in [-0.15, -0.1) is 0 Å². The zero-order chi connectivity index (χ0) is 11.1. The average Bonchev–Trinajstić information content (AvgIpc) is 2.14. The Morgan fingerprint density at radius 2 is 1.79 bits per heavy atom. The summed E-state index contributed by atoms with van der Waals surface area (Å²) >= 11 is 0. The molecule has 1 aromatic carbocycles. The first-order valence-electron chi connectivity index (χ1n) is 3.68. The Bertz CT molecular complexity index is 276. The van der Waals surface area contributed by atoms with Crippen molar-refractivity contribution < 1.29 is 22.3 Å². The molecule has 0 bridgehead atoms. The van der Waals surface area contributed by atoms with Crippen LogP contribution in [-0.2, 0) is 0 Å². The van der Waals surface area contributed by atoms with Gasteiger partial charge < -0.3 is 4.74 Å². The molecule has 0 radical (unpaired) electrons. The lowest BCUT2D eigenvalue weighted by Gasteiger charge is -2.04. The SMILES string of the molecule is CF.Cc1ccc(OC(F)F)cc1F. The highest BCUT2D eigenvalue weighted by Gasteiger charge is 2.05. The number of rotatable bonds is 2. The van der Waals surface area contributed by atoms with Crippen molar-refractivity contribution >= 4 is 0 Å². The van der Waals surface area contributed by atoms with Crippen LogP contribution in [0.3, 0.4) is 0 Å². The first-order chi connectivity index (χ1) is 6.59. The van der Waals surface area contributed by atoms with E-state index in [-0.39, 0.29) is 5.75 Å². The molecule has 80 valence electrons. The number of hydrogen-bond donors (Lipinski definition) is 0. The third-order valence-corrected chi connectivity index (χ3v) is 1.37. The number of hydrogen-bond acceptors (Lipinski definition) is 1. The minimum Gasteiger partial charge on any atom is -0.435 e. The third-order valence-electron chi connectivity index (χ3n) is 1.37. The second-order valence-corrected chi connectivity index (χ2v) is 2.29. The molecule has 0 unspecified atom stereocenters. The molecule has 0 saturated heterocycles. The Balaban J connectivity index is 0.000000791. The number of alkyl halides is 3. The molecule has 0 saturated carbocycles. The van der Waals surface area contributed by atoms with Crippen molar-refractivity contribution in [2.75, 3.05) is 7.18 Å². The van der Waals surface area contributed by atoms with E-state index in [0.29, 0.717) is 12.7 Å². The Kier molecular flexibility index (Phi) is 5.67. The van der Waals surface area contributed by atoms with E-state index in [4.69, 9.17) is 0 Å². The van der Waals surface area contributed by atoms with Gasteiger partial charge in [-0.1, -0.05) is 6.07 Å². The van der Waals surface area contributed by atoms with E-state index in [1.807, 2.05) is 0 Å². The standard InChI is InChI=1S/C8H7F3O.CH3F/c1-5-2-3-6(4-7(5)9)12-8(10)11;1-2/h2-4,8H,1H3;1H3. The number of halogens is 4. The molecular formula is C9H10F4O. The van der Waals surface area contributed by atoms with Crippen LogP contribution in [-0.4, -0.2) is 13.8 Å². The molecule has 1 rings (SSSR count). The van der Waals surface area contributed by atoms with Crippen LogP contribution < -0.4 is 4.74 Å². The van der Waals surface area contributed by atoms with E-state index in [1.165, 1.54) is 12.1 Å². The predicted molar refractivity (Wildman–Crippen MR) is 44.8 cm³/mol. The summed E-state index contributed by atoms with van der Waals surface area (Å²) in [5.41, 5.74) is 0.400. The van der Waals surface area contributed by atoms with E-state index in [1.54, 1.807) is 6.92 Å². The van der Waals surface area contributed by atoms with E-state index in [9.17, 15) is 17.6 Å². The van der Waals surface area contributed by atoms with E-state index in [2.05, 4.69) is 4.74 Å². The fraction of sp³-hybridized carbons (Fsp3) is 0.333. The van der Waals surface area contributed by atoms with E-state index < -0.39 is 12.4 Å². The summed E-state index contributed by atoms with van der Waals surface area (Å²) in [5.74, 6) is -0.707. The van der Waals surface area contributed by atoms with E-state index >= 15 is 0 Å². The van der Waals surface area contributed by atoms with Crippen LogP contribution in [0.5, 0.6) is 5.75 Å². The second kappa shape index (κ2) is 6.23. The Morgan fingerprint density at radius 3 is 2.21 bits per heavy atom. The zero-order valence-electron chi connectivity index (χ0n) is 7.73. The second-order valence-electron chi connectivity index (χ2n) is 2.29. The summed E-state index contributed by atoms with van der Waals surface area (Å²) in [6.45, 7) is -1.37. The van der Waals surface area contributed by atoms with Gasteiger partial charge >= 0.3 is 6.61 Å². The van der Waals surface area contributed by atoms with Gasteiger partial charge in [0.15, 0.2) is 0 Å². The van der Waals surface area contributed by atoms with Gasteiger partial charge in [0.1, 0.15) is 11.6 Å². The lowest BCUT2D eigenvalue weighted by molar-refractivity contribution is -0.0500. The highest BCUT2D eigenvalue weighted by molar-refractivity contribution is 5.27. The number of benzene rings is 1. The topological polar surface area (TPSA) is 9.23 Å². The summed E-state index contributed by atoms with van der Waals surface area (Å²) in [6.07, 6.45) is 0. The summed E-state index contributed by atoms with van der Waals surface area (Å²) in [5, 5.41) is 0. The van der Waals surface area contributed by atoms with Crippen LogP contribution in [0.4, 0.5) is 17.6 Å². The molecule has 0 spiro atoms. The first-order valence-corrected chi connectivity index (χ1v) is 3.68. The summed E-state index contributed by atoms with van der Waals surface area (Å²) in [6, 6.07) is 3.61. The Hall–Kier alpha value is -1.26. The highest BCUT2D eigenvalue weighted by atomic mass is 19.3. The molecule has 1 nitrogen and oxygen atoms in total. The van der Waals surface area contributed by atoms with Crippen molar-refractivity contribution in [1.29, 1.82) is 0 Å². The molecule has 0 aliphatic rings. The lowest BCUT2D eigenvalue weighted by Crippen LogP contribution is -2.02. The molecular weight excluding hydrogens is 200 g/mol. The van der Waals surface area contributed by atoms with Crippen molar-refractivity contribution in [2.24, 2.45) is 0 Å². The van der Waals surface area contributed by atoms with Crippen molar-refractivity contribution in [3.05, 3.63) is 29.6 Å². The minimum atomic E-state index is -2.91. The molecule has 0 fully saturated rings. The largest absolute Gasteiger partial charge is 0.435 e. The molecule has 0 aromatic heterocycles. The van der Waals surface area contributed by atoms with Crippen LogP contribution in [0.2, 0.25) is 0 Å². The van der Waals surface area contributed by atoms with E-state index in [0.717, 1.165) is 6.07 Å². The van der Waals surface area contributed by atoms with Gasteiger partial charge in [-0.3, -0.25) is 4.39 Å². The molecule has 0 aliphatic heterocycles. The van der Waals surface area contributed by atoms with Gasteiger partial charge in [0.2, 0.25) is 0 Å². The number of aryl methyl sites for hydroxylation is 1. The van der Waals surface area contributed by atoms with Crippen LogP contribution in [0, 0.1) is 12.7 Å². The summed E-state index contributed by atoms with van der Waals surface area (Å²) in [4.78, 5) is 0. The van der Waals surface area contributed by atoms with Crippen molar-refractivity contribution in [1.82, 2.24) is 0 Å². The normalized spacial score (nSPS) is 9.36. The molecule has 0 heterocycles. The first kappa shape index (κ1) is 12.7. The van der Waals surface area contributed by atoms with Crippen LogP contribution in [0.15, 0.2) is 18.2 Å². The fourth-order valence-corrected chi connectivity index (χ4v) is 0.750. The summed E-state index contributed by atoms with van der Waals surface area (Å²) < 4.78 is 49.4. The molecule has 0 atom stereocenters. The van der Waals surface area contributed by atoms with Gasteiger partial charge in [-0.25, -0.2) is 4.39 Å². The van der Waals surface area contributed by atoms with Gasteiger partial charge in [0, 0.05) is 6.07 Å². The third kappa shape index (κ3) is 4.11. The zero-order valence-corrected chi connectivity index (χ0v) is 7.73. The minimum absolute atomic E-state index is 0.159. The van der Waals surface area contributed by atoms with Crippen LogP contribution in [0.1, 0.15) is 5.56 Å². The Morgan fingerprint density at radius 1 is 1.21 bits per heavy atom. The monoisotopic (exact) mass is 210 g/mol. The maximum atomic E-state index is 12.7. The highest BCUT2D eigenvalue weighted by Crippen LogP contribution is 2.17. The van der Waals surface area contributed by atoms with Gasteiger partial charge in [-0.2, -0.15) is 8.78 Å². The predicted octanol–water partition coefficient (Wildman–Crippen LogP) is 3.32. The lowest BCUT2D eigenvalue weighted by atomic mass is 10.2. The quantitative estimate of drug-likeness (QED) is 0.680. The van der Waals surface area contributed by atoms with Gasteiger partial charge in [0.05, 0.1) is 7.18 Å². The molecule has 0 N–H and O–H groups in total. The van der Waals surface area contributed by atoms with Crippen molar-refractivity contribution in [3.8, 4) is 5.75 Å².